The Morgan fingerprint density at radius 1 is 1.32 bits per heavy atom. The maximum absolute atomic E-state index is 12.1. The highest BCUT2D eigenvalue weighted by molar-refractivity contribution is 5.77. The number of nitrogens with zero attached hydrogens (tertiary/aromatic N) is 1. The lowest BCUT2D eigenvalue weighted by Gasteiger charge is -2.35. The standard InChI is InChI=1S/C15H27NO3/c1-11-4-3-5-13(8-11)19-10-15(18)16-7-6-12(2)14(17)9-16/h11-14,17H,3-10H2,1-2H3. The molecule has 4 unspecified atom stereocenters. The number of carbonyl (C=O) groups is 1. The molecule has 1 heterocycles. The van der Waals surface area contributed by atoms with Crippen molar-refractivity contribution in [2.45, 2.75) is 58.2 Å². The summed E-state index contributed by atoms with van der Waals surface area (Å²) in [6.07, 6.45) is 5.40. The van der Waals surface area contributed by atoms with Crippen LogP contribution in [-0.2, 0) is 9.53 Å². The van der Waals surface area contributed by atoms with E-state index >= 15 is 0 Å². The van der Waals surface area contributed by atoms with Crippen molar-refractivity contribution in [1.82, 2.24) is 4.90 Å². The van der Waals surface area contributed by atoms with E-state index in [9.17, 15) is 9.90 Å². The first-order valence-corrected chi connectivity index (χ1v) is 7.63. The summed E-state index contributed by atoms with van der Waals surface area (Å²) in [5, 5.41) is 9.81. The largest absolute Gasteiger partial charge is 0.391 e. The smallest absolute Gasteiger partial charge is 0.248 e. The summed E-state index contributed by atoms with van der Waals surface area (Å²) in [5.74, 6) is 1.04. The number of piperidine rings is 1. The minimum Gasteiger partial charge on any atom is -0.391 e. The monoisotopic (exact) mass is 269 g/mol. The fraction of sp³-hybridized carbons (Fsp3) is 0.933. The van der Waals surface area contributed by atoms with Gasteiger partial charge in [-0.3, -0.25) is 4.79 Å². The molecule has 2 rings (SSSR count). The Morgan fingerprint density at radius 3 is 2.79 bits per heavy atom. The number of likely N-dealkylation sites (tertiary alicyclic amines) is 1. The number of rotatable bonds is 3. The van der Waals surface area contributed by atoms with Crippen LogP contribution in [0.5, 0.6) is 0 Å². The Bertz CT molecular complexity index is 308. The lowest BCUT2D eigenvalue weighted by atomic mass is 9.89. The van der Waals surface area contributed by atoms with Crippen LogP contribution >= 0.6 is 0 Å². The van der Waals surface area contributed by atoms with E-state index in [0.29, 0.717) is 18.4 Å². The second-order valence-electron chi connectivity index (χ2n) is 6.38. The van der Waals surface area contributed by atoms with Crippen molar-refractivity contribution in [3.05, 3.63) is 0 Å². The molecule has 0 aromatic rings. The molecular formula is C15H27NO3. The number of aliphatic hydroxyl groups excluding tert-OH is 1. The Hall–Kier alpha value is -0.610. The highest BCUT2D eigenvalue weighted by atomic mass is 16.5. The number of carbonyl (C=O) groups excluding carboxylic acids is 1. The van der Waals surface area contributed by atoms with Gasteiger partial charge in [0, 0.05) is 13.1 Å². The maximum Gasteiger partial charge on any atom is 0.248 e. The van der Waals surface area contributed by atoms with Crippen LogP contribution in [0.3, 0.4) is 0 Å². The maximum atomic E-state index is 12.1. The van der Waals surface area contributed by atoms with Gasteiger partial charge in [0.2, 0.25) is 5.91 Å². The van der Waals surface area contributed by atoms with Gasteiger partial charge in [0.15, 0.2) is 0 Å². The average Bonchev–Trinajstić information content (AvgIpc) is 2.39. The van der Waals surface area contributed by atoms with Crippen molar-refractivity contribution in [2.75, 3.05) is 19.7 Å². The van der Waals surface area contributed by atoms with E-state index in [1.165, 1.54) is 12.8 Å². The van der Waals surface area contributed by atoms with E-state index < -0.39 is 0 Å². The van der Waals surface area contributed by atoms with Gasteiger partial charge in [-0.15, -0.1) is 0 Å². The van der Waals surface area contributed by atoms with Gasteiger partial charge in [-0.2, -0.15) is 0 Å². The molecular weight excluding hydrogens is 242 g/mol. The zero-order valence-corrected chi connectivity index (χ0v) is 12.2. The first-order chi connectivity index (χ1) is 9.06. The van der Waals surface area contributed by atoms with Gasteiger partial charge in [0.05, 0.1) is 12.2 Å². The van der Waals surface area contributed by atoms with Gasteiger partial charge >= 0.3 is 0 Å². The minimum atomic E-state index is -0.382. The third-order valence-corrected chi connectivity index (χ3v) is 4.60. The molecule has 110 valence electrons. The fourth-order valence-corrected chi connectivity index (χ4v) is 3.09. The molecule has 1 N–H and O–H groups in total. The summed E-state index contributed by atoms with van der Waals surface area (Å²) in [6.45, 7) is 5.68. The quantitative estimate of drug-likeness (QED) is 0.850. The van der Waals surface area contributed by atoms with Gasteiger partial charge in [0.25, 0.3) is 0 Å². The average molecular weight is 269 g/mol. The van der Waals surface area contributed by atoms with Crippen LogP contribution in [-0.4, -0.2) is 47.8 Å². The van der Waals surface area contributed by atoms with Crippen molar-refractivity contribution in [1.29, 1.82) is 0 Å². The first-order valence-electron chi connectivity index (χ1n) is 7.63. The second kappa shape index (κ2) is 6.71. The van der Waals surface area contributed by atoms with Gasteiger partial charge in [-0.25, -0.2) is 0 Å². The third-order valence-electron chi connectivity index (χ3n) is 4.60. The highest BCUT2D eigenvalue weighted by Crippen LogP contribution is 2.25. The van der Waals surface area contributed by atoms with Crippen molar-refractivity contribution < 1.29 is 14.6 Å². The summed E-state index contributed by atoms with van der Waals surface area (Å²) in [4.78, 5) is 13.8. The third kappa shape index (κ3) is 4.18. The topological polar surface area (TPSA) is 49.8 Å². The second-order valence-corrected chi connectivity index (χ2v) is 6.38. The molecule has 4 atom stereocenters. The molecule has 4 heteroatoms. The number of β-amino-alcohol motifs (C(OH)–C–C–N with tert-alkyl or cyclic N) is 1. The summed E-state index contributed by atoms with van der Waals surface area (Å²) in [6, 6.07) is 0. The summed E-state index contributed by atoms with van der Waals surface area (Å²) < 4.78 is 5.76. The van der Waals surface area contributed by atoms with Gasteiger partial charge in [-0.1, -0.05) is 26.7 Å². The Kier molecular flexibility index (Phi) is 5.22. The normalized spacial score (nSPS) is 36.3. The summed E-state index contributed by atoms with van der Waals surface area (Å²) in [5.41, 5.74) is 0. The van der Waals surface area contributed by atoms with E-state index in [1.807, 2.05) is 6.92 Å². The number of hydrogen-bond acceptors (Lipinski definition) is 3. The molecule has 2 fully saturated rings. The minimum absolute atomic E-state index is 0.0316. The van der Waals surface area contributed by atoms with Gasteiger partial charge in [-0.05, 0) is 31.1 Å². The zero-order chi connectivity index (χ0) is 13.8. The fourth-order valence-electron chi connectivity index (χ4n) is 3.09. The lowest BCUT2D eigenvalue weighted by Crippen LogP contribution is -2.47. The lowest BCUT2D eigenvalue weighted by molar-refractivity contribution is -0.143. The molecule has 0 spiro atoms. The molecule has 0 aromatic carbocycles. The first kappa shape index (κ1) is 14.8. The van der Waals surface area contributed by atoms with Crippen molar-refractivity contribution >= 4 is 5.91 Å². The molecule has 1 amide bonds. The van der Waals surface area contributed by atoms with Crippen LogP contribution in [0.4, 0.5) is 0 Å². The predicted molar refractivity (Wildman–Crippen MR) is 73.7 cm³/mol. The van der Waals surface area contributed by atoms with E-state index in [4.69, 9.17) is 4.74 Å². The SMILES string of the molecule is CC1CCCC(OCC(=O)N2CCC(C)C(O)C2)C1. The van der Waals surface area contributed by atoms with E-state index in [2.05, 4.69) is 6.92 Å². The molecule has 0 radical (unpaired) electrons. The number of ether oxygens (including phenoxy) is 1. The van der Waals surface area contributed by atoms with Crippen LogP contribution in [0.2, 0.25) is 0 Å². The van der Waals surface area contributed by atoms with Crippen LogP contribution < -0.4 is 0 Å². The van der Waals surface area contributed by atoms with Gasteiger partial charge in [0.1, 0.15) is 6.61 Å². The molecule has 4 nitrogen and oxygen atoms in total. The summed E-state index contributed by atoms with van der Waals surface area (Å²) >= 11 is 0. The van der Waals surface area contributed by atoms with Crippen molar-refractivity contribution in [3.8, 4) is 0 Å². The molecule has 0 bridgehead atoms. The molecule has 1 aliphatic carbocycles. The number of aliphatic hydroxyl groups is 1. The van der Waals surface area contributed by atoms with Crippen molar-refractivity contribution in [2.24, 2.45) is 11.8 Å². The molecule has 1 aliphatic heterocycles. The number of hydrogen-bond donors (Lipinski definition) is 1. The molecule has 1 saturated carbocycles. The Labute approximate surface area is 116 Å². The van der Waals surface area contributed by atoms with Crippen LogP contribution in [0, 0.1) is 11.8 Å². The Morgan fingerprint density at radius 2 is 2.11 bits per heavy atom. The Balaban J connectivity index is 1.72. The molecule has 1 saturated heterocycles. The molecule has 2 aliphatic rings. The van der Waals surface area contributed by atoms with Crippen LogP contribution in [0.25, 0.3) is 0 Å². The van der Waals surface area contributed by atoms with Crippen LogP contribution in [0.15, 0.2) is 0 Å². The van der Waals surface area contributed by atoms with E-state index in [1.54, 1.807) is 4.90 Å². The van der Waals surface area contributed by atoms with E-state index in [0.717, 1.165) is 25.8 Å². The highest BCUT2D eigenvalue weighted by Gasteiger charge is 2.28. The van der Waals surface area contributed by atoms with Gasteiger partial charge < -0.3 is 14.7 Å². The number of amides is 1. The predicted octanol–water partition coefficient (Wildman–Crippen LogP) is 1.81. The summed E-state index contributed by atoms with van der Waals surface area (Å²) in [7, 11) is 0. The van der Waals surface area contributed by atoms with Crippen LogP contribution in [0.1, 0.15) is 46.0 Å². The molecule has 19 heavy (non-hydrogen) atoms. The molecule has 0 aromatic heterocycles. The van der Waals surface area contributed by atoms with Crippen molar-refractivity contribution in [3.63, 3.8) is 0 Å². The zero-order valence-electron chi connectivity index (χ0n) is 12.2. The van der Waals surface area contributed by atoms with E-state index in [-0.39, 0.29) is 24.7 Å².